The van der Waals surface area contributed by atoms with Gasteiger partial charge in [0, 0.05) is 16.2 Å². The minimum Gasteiger partial charge on any atom is -0.461 e. The van der Waals surface area contributed by atoms with E-state index in [4.69, 9.17) is 27.9 Å². The highest BCUT2D eigenvalue weighted by atomic mass is 35.5. The Morgan fingerprint density at radius 1 is 1.33 bits per heavy atom. The van der Waals surface area contributed by atoms with E-state index >= 15 is 0 Å². The summed E-state index contributed by atoms with van der Waals surface area (Å²) in [5.41, 5.74) is 0.619. The van der Waals surface area contributed by atoms with Gasteiger partial charge in [-0.2, -0.15) is 5.10 Å². The van der Waals surface area contributed by atoms with E-state index in [9.17, 15) is 4.79 Å². The molecule has 2 aromatic rings. The Kier molecular flexibility index (Phi) is 4.59. The molecule has 0 saturated carbocycles. The zero-order valence-corrected chi connectivity index (χ0v) is 13.6. The quantitative estimate of drug-likeness (QED) is 0.793. The third kappa shape index (κ3) is 3.22. The van der Waals surface area contributed by atoms with Crippen LogP contribution in [0.2, 0.25) is 10.0 Å². The Morgan fingerprint density at radius 3 is 2.67 bits per heavy atom. The topological polar surface area (TPSA) is 44.1 Å². The summed E-state index contributed by atoms with van der Waals surface area (Å²) in [5, 5.41) is 5.42. The number of ether oxygens (including phenoxy) is 1. The number of carbonyl (C=O) groups excluding carboxylic acids is 1. The van der Waals surface area contributed by atoms with Crippen LogP contribution < -0.4 is 0 Å². The smallest absolute Gasteiger partial charge is 0.358 e. The summed E-state index contributed by atoms with van der Waals surface area (Å²) in [6.45, 7) is 6.00. The Balaban J connectivity index is 2.37. The molecular formula is C15H16Cl2N2O2. The molecule has 6 heteroatoms. The molecule has 21 heavy (non-hydrogen) atoms. The molecule has 0 aliphatic heterocycles. The van der Waals surface area contributed by atoms with Crippen LogP contribution in [0.3, 0.4) is 0 Å². The van der Waals surface area contributed by atoms with E-state index in [0.717, 1.165) is 5.56 Å². The number of nitrogens with zero attached hydrogens (tertiary/aromatic N) is 2. The van der Waals surface area contributed by atoms with Crippen molar-refractivity contribution >= 4 is 29.2 Å². The van der Waals surface area contributed by atoms with Crippen molar-refractivity contribution < 1.29 is 9.53 Å². The monoisotopic (exact) mass is 326 g/mol. The van der Waals surface area contributed by atoms with Gasteiger partial charge in [0.2, 0.25) is 0 Å². The molecule has 0 saturated heterocycles. The lowest BCUT2D eigenvalue weighted by molar-refractivity contribution is 0.0517. The van der Waals surface area contributed by atoms with Crippen LogP contribution in [0, 0.1) is 0 Å². The van der Waals surface area contributed by atoms with Crippen molar-refractivity contribution in [3.63, 3.8) is 0 Å². The van der Waals surface area contributed by atoms with Gasteiger partial charge in [-0.05, 0) is 44.5 Å². The molecule has 0 fully saturated rings. The van der Waals surface area contributed by atoms with Crippen molar-refractivity contribution in [1.82, 2.24) is 9.78 Å². The van der Waals surface area contributed by atoms with Crippen LogP contribution >= 0.6 is 23.2 Å². The van der Waals surface area contributed by atoms with Gasteiger partial charge >= 0.3 is 5.97 Å². The van der Waals surface area contributed by atoms with Crippen molar-refractivity contribution in [2.24, 2.45) is 0 Å². The summed E-state index contributed by atoms with van der Waals surface area (Å²) in [4.78, 5) is 11.7. The molecule has 112 valence electrons. The number of carbonyl (C=O) groups is 1. The minimum atomic E-state index is -0.521. The van der Waals surface area contributed by atoms with Crippen LogP contribution in [0.4, 0.5) is 0 Å². The molecule has 0 radical (unpaired) electrons. The van der Waals surface area contributed by atoms with Gasteiger partial charge in [-0.25, -0.2) is 4.79 Å². The minimum absolute atomic E-state index is 0.273. The van der Waals surface area contributed by atoms with E-state index < -0.39 is 11.5 Å². The highest BCUT2D eigenvalue weighted by Crippen LogP contribution is 2.32. The predicted octanol–water partition coefficient (Wildman–Crippen LogP) is 4.15. The molecule has 0 aliphatic carbocycles. The lowest BCUT2D eigenvalue weighted by Gasteiger charge is -2.27. The number of rotatable bonds is 4. The third-order valence-corrected chi connectivity index (χ3v) is 3.78. The molecule has 1 aromatic carbocycles. The number of hydrogen-bond donors (Lipinski definition) is 0. The van der Waals surface area contributed by atoms with Gasteiger partial charge < -0.3 is 4.74 Å². The highest BCUT2D eigenvalue weighted by Gasteiger charge is 2.27. The largest absolute Gasteiger partial charge is 0.461 e. The summed E-state index contributed by atoms with van der Waals surface area (Å²) in [5.74, 6) is -0.436. The first-order valence-corrected chi connectivity index (χ1v) is 7.30. The zero-order valence-electron chi connectivity index (χ0n) is 12.1. The third-order valence-electron chi connectivity index (χ3n) is 3.24. The normalized spacial score (nSPS) is 11.5. The van der Waals surface area contributed by atoms with E-state index in [1.54, 1.807) is 36.0 Å². The van der Waals surface area contributed by atoms with Crippen molar-refractivity contribution in [3.8, 4) is 0 Å². The summed E-state index contributed by atoms with van der Waals surface area (Å²) in [7, 11) is 0. The molecule has 0 N–H and O–H groups in total. The number of aromatic nitrogens is 2. The van der Waals surface area contributed by atoms with Crippen molar-refractivity contribution in [2.45, 2.75) is 26.3 Å². The second-order valence-corrected chi connectivity index (χ2v) is 5.89. The van der Waals surface area contributed by atoms with Crippen LogP contribution in [-0.2, 0) is 10.3 Å². The number of esters is 1. The summed E-state index contributed by atoms with van der Waals surface area (Å²) in [6, 6.07) is 6.95. The average Bonchev–Trinajstić information content (AvgIpc) is 2.88. The van der Waals surface area contributed by atoms with E-state index in [2.05, 4.69) is 5.10 Å². The molecule has 2 rings (SSSR count). The van der Waals surface area contributed by atoms with Gasteiger partial charge in [0.25, 0.3) is 0 Å². The summed E-state index contributed by atoms with van der Waals surface area (Å²) in [6.07, 6.45) is 1.73. The molecule has 0 aliphatic rings. The van der Waals surface area contributed by atoms with Crippen LogP contribution in [0.25, 0.3) is 0 Å². The Bertz CT molecular complexity index is 665. The number of benzene rings is 1. The number of hydrogen-bond acceptors (Lipinski definition) is 3. The fraction of sp³-hybridized carbons (Fsp3) is 0.333. The second kappa shape index (κ2) is 6.08. The van der Waals surface area contributed by atoms with Gasteiger partial charge in [0.05, 0.1) is 12.1 Å². The molecule has 1 heterocycles. The zero-order chi connectivity index (χ0) is 15.6. The molecule has 0 spiro atoms. The first-order valence-electron chi connectivity index (χ1n) is 6.55. The molecule has 4 nitrogen and oxygen atoms in total. The molecule has 0 bridgehead atoms. The highest BCUT2D eigenvalue weighted by molar-refractivity contribution is 6.35. The molecule has 0 atom stereocenters. The molecular weight excluding hydrogens is 311 g/mol. The molecule has 1 aromatic heterocycles. The summed E-state index contributed by atoms with van der Waals surface area (Å²) < 4.78 is 6.63. The first kappa shape index (κ1) is 15.9. The van der Waals surface area contributed by atoms with Crippen molar-refractivity contribution in [3.05, 3.63) is 51.8 Å². The van der Waals surface area contributed by atoms with Crippen LogP contribution in [-0.4, -0.2) is 22.4 Å². The molecule has 0 unspecified atom stereocenters. The number of halogens is 2. The lowest BCUT2D eigenvalue weighted by atomic mass is 9.94. The lowest BCUT2D eigenvalue weighted by Crippen LogP contribution is -2.29. The van der Waals surface area contributed by atoms with Gasteiger partial charge in [-0.15, -0.1) is 0 Å². The second-order valence-electron chi connectivity index (χ2n) is 5.05. The average molecular weight is 327 g/mol. The first-order chi connectivity index (χ1) is 9.86. The Labute approximate surface area is 133 Å². The van der Waals surface area contributed by atoms with E-state index in [-0.39, 0.29) is 5.69 Å². The van der Waals surface area contributed by atoms with E-state index in [1.807, 2.05) is 19.9 Å². The van der Waals surface area contributed by atoms with E-state index in [0.29, 0.717) is 16.7 Å². The Hall–Kier alpha value is -1.52. The maximum Gasteiger partial charge on any atom is 0.358 e. The fourth-order valence-corrected chi connectivity index (χ4v) is 2.70. The van der Waals surface area contributed by atoms with Gasteiger partial charge in [-0.3, -0.25) is 4.68 Å². The van der Waals surface area contributed by atoms with Crippen LogP contribution in [0.1, 0.15) is 36.8 Å². The fourth-order valence-electron chi connectivity index (χ4n) is 2.06. The maximum atomic E-state index is 11.7. The van der Waals surface area contributed by atoms with Gasteiger partial charge in [0.1, 0.15) is 0 Å². The Morgan fingerprint density at radius 2 is 2.05 bits per heavy atom. The SMILES string of the molecule is CCOC(=O)c1ccn(C(C)(C)c2ccc(Cl)cc2Cl)n1. The van der Waals surface area contributed by atoms with Crippen LogP contribution in [0.15, 0.2) is 30.5 Å². The predicted molar refractivity (Wildman–Crippen MR) is 83.1 cm³/mol. The van der Waals surface area contributed by atoms with Gasteiger partial charge in [0.15, 0.2) is 5.69 Å². The van der Waals surface area contributed by atoms with Crippen LogP contribution in [0.5, 0.6) is 0 Å². The maximum absolute atomic E-state index is 11.7. The van der Waals surface area contributed by atoms with Gasteiger partial charge in [-0.1, -0.05) is 29.3 Å². The summed E-state index contributed by atoms with van der Waals surface area (Å²) >= 11 is 12.2. The standard InChI is InChI=1S/C15H16Cl2N2O2/c1-4-21-14(20)13-7-8-19(18-13)15(2,3)11-6-5-10(16)9-12(11)17/h5-9H,4H2,1-3H3. The van der Waals surface area contributed by atoms with Crippen molar-refractivity contribution in [1.29, 1.82) is 0 Å². The van der Waals surface area contributed by atoms with E-state index in [1.165, 1.54) is 0 Å². The van der Waals surface area contributed by atoms with Crippen molar-refractivity contribution in [2.75, 3.05) is 6.61 Å². The molecule has 0 amide bonds.